The number of nitrogens with one attached hydrogen (secondary N) is 1. The monoisotopic (exact) mass is 1040 g/mol. The third-order valence-corrected chi connectivity index (χ3v) is 15.0. The highest BCUT2D eigenvalue weighted by atomic mass is 16.8. The molecule has 14 atom stereocenters. The minimum absolute atomic E-state index is 0.193. The molecular formula is C56H109NO15. The first-order chi connectivity index (χ1) is 34.8. The maximum Gasteiger partial charge on any atom is 0.249 e. The fourth-order valence-corrected chi connectivity index (χ4v) is 10.0. The van der Waals surface area contributed by atoms with Crippen LogP contribution in [0, 0.1) is 5.92 Å². The topological polar surface area (TPSA) is 268 Å². The summed E-state index contributed by atoms with van der Waals surface area (Å²) >= 11 is 0. The number of rotatable bonds is 46. The second-order valence-electron chi connectivity index (χ2n) is 21.9. The number of unbranched alkanes of at least 4 members (excludes halogenated alkanes) is 29. The van der Waals surface area contributed by atoms with Crippen molar-refractivity contribution in [3.8, 4) is 0 Å². The quantitative estimate of drug-likeness (QED) is 0.0271. The van der Waals surface area contributed by atoms with Gasteiger partial charge in [-0.15, -0.1) is 0 Å². The zero-order chi connectivity index (χ0) is 52.9. The Bertz CT molecular complexity index is 1270. The van der Waals surface area contributed by atoms with Gasteiger partial charge < -0.3 is 75.3 Å². The van der Waals surface area contributed by atoms with Crippen LogP contribution in [0.1, 0.15) is 239 Å². The van der Waals surface area contributed by atoms with Gasteiger partial charge in [-0.25, -0.2) is 0 Å². The molecule has 0 aromatic carbocycles. The van der Waals surface area contributed by atoms with Crippen molar-refractivity contribution in [3.05, 3.63) is 0 Å². The molecule has 2 rings (SSSR count). The lowest BCUT2D eigenvalue weighted by Gasteiger charge is -2.46. The van der Waals surface area contributed by atoms with Gasteiger partial charge in [0.1, 0.15) is 61.0 Å². The van der Waals surface area contributed by atoms with Gasteiger partial charge in [0.15, 0.2) is 12.6 Å². The molecule has 1 amide bonds. The fourth-order valence-electron chi connectivity index (χ4n) is 10.0. The largest absolute Gasteiger partial charge is 0.394 e. The lowest BCUT2D eigenvalue weighted by atomic mass is 9.97. The number of amides is 1. The lowest BCUT2D eigenvalue weighted by Crippen LogP contribution is -2.65. The molecule has 2 aliphatic heterocycles. The summed E-state index contributed by atoms with van der Waals surface area (Å²) < 4.78 is 22.9. The molecule has 0 radical (unpaired) electrons. The Hall–Kier alpha value is -1.09. The Balaban J connectivity index is 1.87. The van der Waals surface area contributed by atoms with Gasteiger partial charge in [-0.05, 0) is 18.8 Å². The van der Waals surface area contributed by atoms with Crippen LogP contribution in [0.15, 0.2) is 0 Å². The second kappa shape index (κ2) is 42.0. The van der Waals surface area contributed by atoms with E-state index in [1.807, 2.05) is 0 Å². The second-order valence-corrected chi connectivity index (χ2v) is 21.9. The predicted molar refractivity (Wildman–Crippen MR) is 280 cm³/mol. The molecule has 2 heterocycles. The molecule has 0 spiro atoms. The van der Waals surface area contributed by atoms with Crippen molar-refractivity contribution < 1.29 is 74.8 Å². The SMILES string of the molecule is CCCCCCCCCCCCCCCCCCCCCCC[C@@H](O)C(=O)N[C@@H](CO[C@H]1O[C@H](CO)[C@H](O)[C@H](O)[C@H]1O[C@H]1O[C@H](CO)[C@@H](O)[C@H](O)[C@H]1O)[C@H](O)[C@H](O)CCCCCCCCCCCCC(C)C. The van der Waals surface area contributed by atoms with Crippen molar-refractivity contribution in [1.82, 2.24) is 5.32 Å². The summed E-state index contributed by atoms with van der Waals surface area (Å²) in [5.74, 6) is -0.0233. The highest BCUT2D eigenvalue weighted by Crippen LogP contribution is 2.30. The molecule has 16 nitrogen and oxygen atoms in total. The summed E-state index contributed by atoms with van der Waals surface area (Å²) in [6.07, 6.45) is 17.9. The van der Waals surface area contributed by atoms with Crippen molar-refractivity contribution in [3.63, 3.8) is 0 Å². The van der Waals surface area contributed by atoms with E-state index in [-0.39, 0.29) is 12.8 Å². The number of aliphatic hydroxyl groups is 10. The number of aliphatic hydroxyl groups excluding tert-OH is 10. The van der Waals surface area contributed by atoms with Crippen LogP contribution in [-0.2, 0) is 23.7 Å². The smallest absolute Gasteiger partial charge is 0.249 e. The summed E-state index contributed by atoms with van der Waals surface area (Å²) in [5.41, 5.74) is 0. The Morgan fingerprint density at radius 1 is 0.486 bits per heavy atom. The molecular weight excluding hydrogens is 927 g/mol. The van der Waals surface area contributed by atoms with E-state index in [2.05, 4.69) is 26.1 Å². The van der Waals surface area contributed by atoms with Crippen LogP contribution in [-0.4, -0.2) is 163 Å². The van der Waals surface area contributed by atoms with E-state index in [1.54, 1.807) is 0 Å². The molecule has 0 aliphatic carbocycles. The van der Waals surface area contributed by atoms with Gasteiger partial charge in [-0.2, -0.15) is 0 Å². The lowest BCUT2D eigenvalue weighted by molar-refractivity contribution is -0.368. The highest BCUT2D eigenvalue weighted by Gasteiger charge is 2.51. The number of carbonyl (C=O) groups is 1. The summed E-state index contributed by atoms with van der Waals surface area (Å²) in [6.45, 7) is 4.71. The average molecular weight is 1040 g/mol. The van der Waals surface area contributed by atoms with Gasteiger partial charge in [0.05, 0.1) is 32.0 Å². The molecule has 0 aromatic heterocycles. The molecule has 2 saturated heterocycles. The Labute approximate surface area is 435 Å². The van der Waals surface area contributed by atoms with Gasteiger partial charge in [-0.3, -0.25) is 4.79 Å². The normalized spacial score (nSPS) is 26.5. The van der Waals surface area contributed by atoms with Crippen molar-refractivity contribution in [1.29, 1.82) is 0 Å². The first kappa shape index (κ1) is 67.0. The van der Waals surface area contributed by atoms with E-state index in [4.69, 9.17) is 18.9 Å². The van der Waals surface area contributed by atoms with Crippen LogP contribution < -0.4 is 5.32 Å². The van der Waals surface area contributed by atoms with Gasteiger partial charge in [0.2, 0.25) is 5.91 Å². The van der Waals surface area contributed by atoms with Crippen molar-refractivity contribution >= 4 is 5.91 Å². The molecule has 11 N–H and O–H groups in total. The number of hydrogen-bond donors (Lipinski definition) is 11. The van der Waals surface area contributed by atoms with Crippen LogP contribution in [0.3, 0.4) is 0 Å². The van der Waals surface area contributed by atoms with Crippen LogP contribution >= 0.6 is 0 Å². The maximum atomic E-state index is 13.5. The Morgan fingerprint density at radius 2 is 0.861 bits per heavy atom. The summed E-state index contributed by atoms with van der Waals surface area (Å²) in [6, 6.07) is -1.31. The minimum Gasteiger partial charge on any atom is -0.394 e. The van der Waals surface area contributed by atoms with Gasteiger partial charge in [0, 0.05) is 0 Å². The van der Waals surface area contributed by atoms with Crippen LogP contribution in [0.2, 0.25) is 0 Å². The van der Waals surface area contributed by atoms with Crippen molar-refractivity contribution in [2.24, 2.45) is 5.92 Å². The fraction of sp³-hybridized carbons (Fsp3) is 0.982. The van der Waals surface area contributed by atoms with Crippen molar-refractivity contribution in [2.75, 3.05) is 19.8 Å². The summed E-state index contributed by atoms with van der Waals surface area (Å²) in [5, 5.41) is 109. The highest BCUT2D eigenvalue weighted by molar-refractivity contribution is 5.80. The molecule has 72 heavy (non-hydrogen) atoms. The predicted octanol–water partition coefficient (Wildman–Crippen LogP) is 7.13. The summed E-state index contributed by atoms with van der Waals surface area (Å²) in [4.78, 5) is 13.5. The molecule has 0 unspecified atom stereocenters. The number of hydrogen-bond acceptors (Lipinski definition) is 15. The summed E-state index contributed by atoms with van der Waals surface area (Å²) in [7, 11) is 0. The molecule has 0 saturated carbocycles. The van der Waals surface area contributed by atoms with Crippen LogP contribution in [0.25, 0.3) is 0 Å². The van der Waals surface area contributed by atoms with E-state index in [1.165, 1.54) is 141 Å². The standard InChI is InChI=1S/C56H109NO15/c1-4-5-6-7-8-9-10-11-12-13-14-15-16-17-18-19-20-25-28-31-34-37-44(61)54(68)57-42(47(62)43(60)36-33-30-27-24-22-21-23-26-29-32-35-41(2)3)40-69-56-53(51(66)49(64)46(39-59)71-56)72-55-52(67)50(65)48(63)45(38-58)70-55/h41-53,55-56,58-67H,4-40H2,1-3H3,(H,57,68)/t42-,43+,44+,45+,46+,47-,48+,49-,50-,51-,52+,53+,55+,56-/m0/s1. The van der Waals surface area contributed by atoms with Crippen molar-refractivity contribution in [2.45, 2.75) is 325 Å². The zero-order valence-electron chi connectivity index (χ0n) is 45.3. The van der Waals surface area contributed by atoms with E-state index in [9.17, 15) is 55.9 Å². The van der Waals surface area contributed by atoms with E-state index in [0.29, 0.717) is 12.8 Å². The van der Waals surface area contributed by atoms with Gasteiger partial charge >= 0.3 is 0 Å². The maximum absolute atomic E-state index is 13.5. The molecule has 0 bridgehead atoms. The van der Waals surface area contributed by atoms with Crippen LogP contribution in [0.4, 0.5) is 0 Å². The Kier molecular flexibility index (Phi) is 39.1. The zero-order valence-corrected chi connectivity index (χ0v) is 45.3. The van der Waals surface area contributed by atoms with Gasteiger partial charge in [0.25, 0.3) is 0 Å². The molecule has 0 aromatic rings. The first-order valence-corrected chi connectivity index (χ1v) is 29.3. The van der Waals surface area contributed by atoms with Crippen LogP contribution in [0.5, 0.6) is 0 Å². The number of ether oxygens (including phenoxy) is 4. The van der Waals surface area contributed by atoms with E-state index >= 15 is 0 Å². The third-order valence-electron chi connectivity index (χ3n) is 15.0. The molecule has 2 aliphatic rings. The van der Waals surface area contributed by atoms with Gasteiger partial charge in [-0.1, -0.05) is 226 Å². The molecule has 428 valence electrons. The number of carbonyl (C=O) groups excluding carboxylic acids is 1. The average Bonchev–Trinajstić information content (AvgIpc) is 3.37. The molecule has 16 heteroatoms. The van der Waals surface area contributed by atoms with E-state index < -0.39 is 111 Å². The first-order valence-electron chi connectivity index (χ1n) is 29.3. The Morgan fingerprint density at radius 3 is 1.28 bits per heavy atom. The molecule has 2 fully saturated rings. The minimum atomic E-state index is -1.87. The van der Waals surface area contributed by atoms with E-state index in [0.717, 1.165) is 57.3 Å². The third kappa shape index (κ3) is 28.3.